The lowest BCUT2D eigenvalue weighted by Crippen LogP contribution is -1.93. The Morgan fingerprint density at radius 3 is 2.44 bits per heavy atom. The minimum absolute atomic E-state index is 0.264. The maximum absolute atomic E-state index is 13.3. The molecule has 0 bridgehead atoms. The molecule has 90 valence electrons. The monoisotopic (exact) mass is 298 g/mol. The van der Waals surface area contributed by atoms with Crippen LogP contribution in [0.3, 0.4) is 0 Å². The molecule has 0 aliphatic rings. The Hall–Kier alpha value is -1.23. The van der Waals surface area contributed by atoms with E-state index in [-0.39, 0.29) is 10.3 Å². The van der Waals surface area contributed by atoms with Gasteiger partial charge in [0, 0.05) is 21.0 Å². The molecule has 0 fully saturated rings. The fourth-order valence-corrected chi connectivity index (χ4v) is 2.99. The summed E-state index contributed by atoms with van der Waals surface area (Å²) in [5.41, 5.74) is 0.805. The second-order valence-corrected chi connectivity index (χ2v) is 5.22. The molecule has 2 heterocycles. The van der Waals surface area contributed by atoms with Gasteiger partial charge in [-0.2, -0.15) is 0 Å². The van der Waals surface area contributed by atoms with Gasteiger partial charge in [0.15, 0.2) is 21.9 Å². The Kier molecular flexibility index (Phi) is 2.93. The first kappa shape index (κ1) is 11.8. The quantitative estimate of drug-likeness (QED) is 0.603. The van der Waals surface area contributed by atoms with Gasteiger partial charge in [-0.3, -0.25) is 0 Å². The van der Waals surface area contributed by atoms with Gasteiger partial charge in [0.1, 0.15) is 0 Å². The second-order valence-electron chi connectivity index (χ2n) is 3.59. The van der Waals surface area contributed by atoms with Gasteiger partial charge in [-0.05, 0) is 6.07 Å². The SMILES string of the molecule is Fc1c(Cl)nc(-c2csc3ccccc23)nc1Cl. The maximum Gasteiger partial charge on any atom is 0.197 e. The number of aromatic nitrogens is 2. The summed E-state index contributed by atoms with van der Waals surface area (Å²) in [6, 6.07) is 7.82. The largest absolute Gasteiger partial charge is 0.213 e. The molecule has 0 radical (unpaired) electrons. The first-order valence-corrected chi connectivity index (χ1v) is 6.65. The Labute approximate surface area is 116 Å². The highest BCUT2D eigenvalue weighted by atomic mass is 35.5. The molecule has 3 rings (SSSR count). The van der Waals surface area contributed by atoms with Crippen molar-refractivity contribution in [2.75, 3.05) is 0 Å². The number of halogens is 3. The average molecular weight is 299 g/mol. The molecule has 0 saturated carbocycles. The lowest BCUT2D eigenvalue weighted by atomic mass is 10.2. The molecule has 0 spiro atoms. The molecule has 2 aromatic heterocycles. The summed E-state index contributed by atoms with van der Waals surface area (Å²) in [4.78, 5) is 7.86. The third kappa shape index (κ3) is 1.86. The van der Waals surface area contributed by atoms with E-state index >= 15 is 0 Å². The van der Waals surface area contributed by atoms with Gasteiger partial charge in [0.25, 0.3) is 0 Å². The van der Waals surface area contributed by atoms with E-state index in [9.17, 15) is 4.39 Å². The standard InChI is InChI=1S/C12H5Cl2FN2S/c13-10-9(15)11(14)17-12(16-10)7-5-18-8-4-2-1-3-6(7)8/h1-5H. The number of nitrogens with zero attached hydrogens (tertiary/aromatic N) is 2. The number of hydrogen-bond donors (Lipinski definition) is 0. The van der Waals surface area contributed by atoms with E-state index in [4.69, 9.17) is 23.2 Å². The Morgan fingerprint density at radius 1 is 1.06 bits per heavy atom. The first-order chi connectivity index (χ1) is 8.66. The Bertz CT molecular complexity index is 719. The number of thiophene rings is 1. The van der Waals surface area contributed by atoms with Crippen LogP contribution in [0, 0.1) is 5.82 Å². The summed E-state index contributed by atoms with van der Waals surface area (Å²) in [6.45, 7) is 0. The van der Waals surface area contributed by atoms with E-state index in [0.717, 1.165) is 15.6 Å². The van der Waals surface area contributed by atoms with E-state index < -0.39 is 5.82 Å². The smallest absolute Gasteiger partial charge is 0.197 e. The first-order valence-electron chi connectivity index (χ1n) is 5.02. The number of fused-ring (bicyclic) bond motifs is 1. The van der Waals surface area contributed by atoms with Crippen LogP contribution in [0.5, 0.6) is 0 Å². The van der Waals surface area contributed by atoms with Crippen molar-refractivity contribution >= 4 is 44.6 Å². The van der Waals surface area contributed by atoms with Gasteiger partial charge in [-0.1, -0.05) is 41.4 Å². The van der Waals surface area contributed by atoms with Crippen LogP contribution in [0.1, 0.15) is 0 Å². The van der Waals surface area contributed by atoms with Gasteiger partial charge in [-0.15, -0.1) is 11.3 Å². The average Bonchev–Trinajstić information content (AvgIpc) is 2.79. The lowest BCUT2D eigenvalue weighted by Gasteiger charge is -2.01. The van der Waals surface area contributed by atoms with Gasteiger partial charge in [-0.25, -0.2) is 14.4 Å². The third-order valence-corrected chi connectivity index (χ3v) is 3.96. The zero-order valence-corrected chi connectivity index (χ0v) is 11.2. The molecule has 2 nitrogen and oxygen atoms in total. The molecule has 3 aromatic rings. The van der Waals surface area contributed by atoms with Crippen molar-refractivity contribution in [2.45, 2.75) is 0 Å². The van der Waals surface area contributed by atoms with Crippen LogP contribution >= 0.6 is 34.5 Å². The fourth-order valence-electron chi connectivity index (χ4n) is 1.67. The topological polar surface area (TPSA) is 25.8 Å². The normalized spacial score (nSPS) is 11.1. The van der Waals surface area contributed by atoms with Gasteiger partial charge in [0.05, 0.1) is 0 Å². The summed E-state index contributed by atoms with van der Waals surface area (Å²) in [7, 11) is 0. The van der Waals surface area contributed by atoms with E-state index in [1.807, 2.05) is 29.6 Å². The van der Waals surface area contributed by atoms with Gasteiger partial charge >= 0.3 is 0 Å². The van der Waals surface area contributed by atoms with Crippen molar-refractivity contribution in [1.82, 2.24) is 9.97 Å². The van der Waals surface area contributed by atoms with Crippen LogP contribution in [0.2, 0.25) is 10.3 Å². The van der Waals surface area contributed by atoms with Crippen molar-refractivity contribution in [1.29, 1.82) is 0 Å². The van der Waals surface area contributed by atoms with Crippen molar-refractivity contribution in [3.05, 3.63) is 45.8 Å². The van der Waals surface area contributed by atoms with Crippen LogP contribution in [0.4, 0.5) is 4.39 Å². The maximum atomic E-state index is 13.3. The minimum atomic E-state index is -0.790. The summed E-state index contributed by atoms with van der Waals surface area (Å²) < 4.78 is 14.4. The molecule has 0 aliphatic carbocycles. The summed E-state index contributed by atoms with van der Waals surface area (Å²) in [5, 5.41) is 2.38. The van der Waals surface area contributed by atoms with E-state index in [1.54, 1.807) is 11.3 Å². The number of rotatable bonds is 1. The predicted molar refractivity (Wildman–Crippen MR) is 72.8 cm³/mol. The second kappa shape index (κ2) is 4.46. The molecular formula is C12H5Cl2FN2S. The minimum Gasteiger partial charge on any atom is -0.213 e. The number of benzene rings is 1. The predicted octanol–water partition coefficient (Wildman–Crippen LogP) is 4.80. The van der Waals surface area contributed by atoms with Crippen molar-refractivity contribution in [3.63, 3.8) is 0 Å². The van der Waals surface area contributed by atoms with E-state index in [0.29, 0.717) is 5.82 Å². The molecule has 6 heteroatoms. The molecule has 0 aliphatic heterocycles. The van der Waals surface area contributed by atoms with Crippen LogP contribution in [0.15, 0.2) is 29.6 Å². The zero-order valence-electron chi connectivity index (χ0n) is 8.82. The Balaban J connectivity index is 2.26. The summed E-state index contributed by atoms with van der Waals surface area (Å²) in [6.07, 6.45) is 0. The lowest BCUT2D eigenvalue weighted by molar-refractivity contribution is 0.615. The van der Waals surface area contributed by atoms with Crippen molar-refractivity contribution in [3.8, 4) is 11.4 Å². The Morgan fingerprint density at radius 2 is 1.72 bits per heavy atom. The molecule has 0 unspecified atom stereocenters. The van der Waals surface area contributed by atoms with Crippen LogP contribution in [-0.4, -0.2) is 9.97 Å². The number of hydrogen-bond acceptors (Lipinski definition) is 3. The molecule has 0 N–H and O–H groups in total. The van der Waals surface area contributed by atoms with Crippen molar-refractivity contribution in [2.24, 2.45) is 0 Å². The molecular weight excluding hydrogens is 294 g/mol. The molecule has 18 heavy (non-hydrogen) atoms. The highest BCUT2D eigenvalue weighted by Gasteiger charge is 2.14. The molecule has 0 saturated heterocycles. The van der Waals surface area contributed by atoms with Crippen LogP contribution in [0.25, 0.3) is 21.5 Å². The summed E-state index contributed by atoms with van der Waals surface area (Å²) in [5.74, 6) is -0.453. The summed E-state index contributed by atoms with van der Waals surface area (Å²) >= 11 is 12.9. The molecule has 0 amide bonds. The highest BCUT2D eigenvalue weighted by Crippen LogP contribution is 2.33. The van der Waals surface area contributed by atoms with Gasteiger partial charge in [0.2, 0.25) is 0 Å². The van der Waals surface area contributed by atoms with E-state index in [1.165, 1.54) is 0 Å². The van der Waals surface area contributed by atoms with E-state index in [2.05, 4.69) is 9.97 Å². The molecule has 1 aromatic carbocycles. The van der Waals surface area contributed by atoms with Crippen molar-refractivity contribution < 1.29 is 4.39 Å². The highest BCUT2D eigenvalue weighted by molar-refractivity contribution is 7.17. The third-order valence-electron chi connectivity index (χ3n) is 2.49. The van der Waals surface area contributed by atoms with Crippen LogP contribution in [-0.2, 0) is 0 Å². The molecule has 0 atom stereocenters. The zero-order chi connectivity index (χ0) is 12.7. The van der Waals surface area contributed by atoms with Gasteiger partial charge < -0.3 is 0 Å². The fraction of sp³-hybridized carbons (Fsp3) is 0. The van der Waals surface area contributed by atoms with Crippen LogP contribution < -0.4 is 0 Å².